The number of fused-ring (bicyclic) bond motifs is 4. The van der Waals surface area contributed by atoms with E-state index in [0.717, 1.165) is 6.07 Å². The average molecular weight is 445 g/mol. The number of amides is 1. The second kappa shape index (κ2) is 6.81. The van der Waals surface area contributed by atoms with Crippen molar-refractivity contribution in [2.45, 2.75) is 12.2 Å². The van der Waals surface area contributed by atoms with E-state index in [4.69, 9.17) is 10.5 Å². The number of benzene rings is 2. The first-order valence-corrected chi connectivity index (χ1v) is 9.47. The summed E-state index contributed by atoms with van der Waals surface area (Å²) in [6.45, 7) is -0.0875. The van der Waals surface area contributed by atoms with E-state index in [1.54, 1.807) is 35.1 Å². The lowest BCUT2D eigenvalue weighted by molar-refractivity contribution is -0.140. The Morgan fingerprint density at radius 3 is 2.78 bits per heavy atom. The third kappa shape index (κ3) is 3.00. The molecule has 4 aromatic rings. The Morgan fingerprint density at radius 2 is 2.03 bits per heavy atom. The van der Waals surface area contributed by atoms with Crippen molar-refractivity contribution >= 4 is 28.3 Å². The van der Waals surface area contributed by atoms with Gasteiger partial charge in [-0.2, -0.15) is 13.2 Å². The number of aromatic nitrogens is 3. The number of halogens is 4. The highest BCUT2D eigenvalue weighted by Gasteiger charge is 2.39. The van der Waals surface area contributed by atoms with Crippen LogP contribution in [-0.2, 0) is 6.18 Å². The molecular formula is C21H15F4N5O2. The predicted molar refractivity (Wildman–Crippen MR) is 107 cm³/mol. The Balaban J connectivity index is 1.51. The largest absolute Gasteiger partial charge is 0.491 e. The van der Waals surface area contributed by atoms with Crippen molar-refractivity contribution in [2.24, 2.45) is 0 Å². The molecule has 2 N–H and O–H groups in total. The molecule has 2 aromatic heterocycles. The van der Waals surface area contributed by atoms with Crippen LogP contribution < -0.4 is 10.5 Å². The molecule has 0 saturated carbocycles. The number of rotatable bonds is 2. The summed E-state index contributed by atoms with van der Waals surface area (Å²) in [6, 6.07) is 5.50. The normalized spacial score (nSPS) is 15.7. The van der Waals surface area contributed by atoms with Gasteiger partial charge in [0.2, 0.25) is 0 Å². The Hall–Kier alpha value is -3.89. The standard InChI is InChI=1S/C21H15F4N5O2/c1-29(17-8-32-18-6-12(21(23,24)25)13(22)5-11(17)18)20(31)10-2-3-14-15(4-10)30-9-27-7-16(30)19(26)28-14/h2-7,9,17H,8H2,1H3,(H2,26,28)/t17-/m1/s1. The van der Waals surface area contributed by atoms with Gasteiger partial charge in [-0.05, 0) is 30.3 Å². The van der Waals surface area contributed by atoms with Crippen LogP contribution >= 0.6 is 0 Å². The number of alkyl halides is 3. The molecule has 11 heteroatoms. The Morgan fingerprint density at radius 1 is 1.25 bits per heavy atom. The number of likely N-dealkylation sites (N-methyl/N-ethyl adjacent to an activating group) is 1. The third-order valence-corrected chi connectivity index (χ3v) is 5.57. The molecule has 1 atom stereocenters. The van der Waals surface area contributed by atoms with Crippen molar-refractivity contribution in [1.29, 1.82) is 0 Å². The highest BCUT2D eigenvalue weighted by Crippen LogP contribution is 2.42. The number of anilines is 1. The minimum absolute atomic E-state index is 0.0875. The number of hydrogen-bond donors (Lipinski definition) is 1. The monoisotopic (exact) mass is 445 g/mol. The Kier molecular flexibility index (Phi) is 4.26. The lowest BCUT2D eigenvalue weighted by Crippen LogP contribution is -2.32. The second-order valence-corrected chi connectivity index (χ2v) is 7.46. The lowest BCUT2D eigenvalue weighted by atomic mass is 10.0. The van der Waals surface area contributed by atoms with E-state index in [9.17, 15) is 22.4 Å². The third-order valence-electron chi connectivity index (χ3n) is 5.57. The molecule has 0 saturated heterocycles. The first-order valence-electron chi connectivity index (χ1n) is 9.47. The maximum atomic E-state index is 14.1. The fourth-order valence-corrected chi connectivity index (χ4v) is 3.90. The molecule has 164 valence electrons. The molecule has 1 aliphatic rings. The molecule has 0 aliphatic carbocycles. The second-order valence-electron chi connectivity index (χ2n) is 7.46. The highest BCUT2D eigenvalue weighted by molar-refractivity contribution is 5.98. The summed E-state index contributed by atoms with van der Waals surface area (Å²) in [5.74, 6) is -1.63. The van der Waals surface area contributed by atoms with Crippen molar-refractivity contribution in [3.05, 3.63) is 65.4 Å². The first kappa shape index (κ1) is 20.0. The summed E-state index contributed by atoms with van der Waals surface area (Å²) in [7, 11) is 1.49. The number of nitrogens with two attached hydrogens (primary N) is 1. The van der Waals surface area contributed by atoms with Gasteiger partial charge in [0.05, 0.1) is 35.2 Å². The summed E-state index contributed by atoms with van der Waals surface area (Å²) in [4.78, 5) is 22.8. The zero-order valence-corrected chi connectivity index (χ0v) is 16.5. The number of ether oxygens (including phenoxy) is 1. The quantitative estimate of drug-likeness (QED) is 0.474. The van der Waals surface area contributed by atoms with Crippen molar-refractivity contribution in [3.63, 3.8) is 0 Å². The van der Waals surface area contributed by atoms with Gasteiger partial charge in [0.15, 0.2) is 0 Å². The number of nitrogens with zero attached hydrogens (tertiary/aromatic N) is 4. The van der Waals surface area contributed by atoms with Crippen molar-refractivity contribution < 1.29 is 27.1 Å². The minimum atomic E-state index is -4.84. The molecule has 0 unspecified atom stereocenters. The molecule has 0 spiro atoms. The molecule has 1 aliphatic heterocycles. The van der Waals surface area contributed by atoms with E-state index in [1.165, 1.54) is 11.9 Å². The van der Waals surface area contributed by atoms with Gasteiger partial charge in [-0.25, -0.2) is 14.4 Å². The van der Waals surface area contributed by atoms with Crippen molar-refractivity contribution in [2.75, 3.05) is 19.4 Å². The fourth-order valence-electron chi connectivity index (χ4n) is 3.90. The molecular weight excluding hydrogens is 430 g/mol. The molecule has 5 rings (SSSR count). The van der Waals surface area contributed by atoms with E-state index >= 15 is 0 Å². The number of carbonyl (C=O) groups is 1. The summed E-state index contributed by atoms with van der Waals surface area (Å²) in [5, 5.41) is 0. The Bertz CT molecular complexity index is 1400. The van der Waals surface area contributed by atoms with Gasteiger partial charge >= 0.3 is 6.18 Å². The maximum absolute atomic E-state index is 14.1. The SMILES string of the molecule is CN(C(=O)c1ccc2nc(N)c3cncn3c2c1)[C@@H]1COc2cc(C(F)(F)F)c(F)cc21. The van der Waals surface area contributed by atoms with Gasteiger partial charge in [-0.15, -0.1) is 0 Å². The van der Waals surface area contributed by atoms with Crippen LogP contribution in [0.2, 0.25) is 0 Å². The fraction of sp³-hybridized carbons (Fsp3) is 0.190. The number of hydrogen-bond acceptors (Lipinski definition) is 5. The van der Waals surface area contributed by atoms with Crippen LogP contribution in [0.15, 0.2) is 42.9 Å². The van der Waals surface area contributed by atoms with Crippen LogP contribution in [0.1, 0.15) is 27.5 Å². The summed E-state index contributed by atoms with van der Waals surface area (Å²) in [5.41, 5.74) is 6.76. The number of nitrogen functional groups attached to an aromatic ring is 1. The predicted octanol–water partition coefficient (Wildman–Crippen LogP) is 3.83. The topological polar surface area (TPSA) is 85.8 Å². The van der Waals surface area contributed by atoms with E-state index in [-0.39, 0.29) is 17.9 Å². The van der Waals surface area contributed by atoms with Gasteiger partial charge in [0.25, 0.3) is 5.91 Å². The van der Waals surface area contributed by atoms with Crippen LogP contribution in [0.5, 0.6) is 5.75 Å². The van der Waals surface area contributed by atoms with E-state index < -0.39 is 29.5 Å². The summed E-state index contributed by atoms with van der Waals surface area (Å²) in [6.07, 6.45) is -1.74. The highest BCUT2D eigenvalue weighted by atomic mass is 19.4. The van der Waals surface area contributed by atoms with E-state index in [1.807, 2.05) is 0 Å². The maximum Gasteiger partial charge on any atom is 0.419 e. The smallest absolute Gasteiger partial charge is 0.419 e. The van der Waals surface area contributed by atoms with E-state index in [2.05, 4.69) is 9.97 Å². The van der Waals surface area contributed by atoms with Gasteiger partial charge in [-0.1, -0.05) is 0 Å². The van der Waals surface area contributed by atoms with Crippen LogP contribution in [-0.4, -0.2) is 38.8 Å². The van der Waals surface area contributed by atoms with Crippen molar-refractivity contribution in [3.8, 4) is 5.75 Å². The molecule has 3 heterocycles. The molecule has 2 aromatic carbocycles. The lowest BCUT2D eigenvalue weighted by Gasteiger charge is -2.24. The number of imidazole rings is 1. The molecule has 32 heavy (non-hydrogen) atoms. The molecule has 1 amide bonds. The molecule has 0 radical (unpaired) electrons. The van der Waals surface area contributed by atoms with Crippen LogP contribution in [0.4, 0.5) is 23.4 Å². The summed E-state index contributed by atoms with van der Waals surface area (Å²) < 4.78 is 60.1. The first-order chi connectivity index (χ1) is 15.1. The van der Waals surface area contributed by atoms with Gasteiger partial charge in [-0.3, -0.25) is 9.20 Å². The minimum Gasteiger partial charge on any atom is -0.491 e. The van der Waals surface area contributed by atoms with Crippen molar-refractivity contribution in [1.82, 2.24) is 19.3 Å². The molecule has 0 bridgehead atoms. The van der Waals surface area contributed by atoms with E-state index in [0.29, 0.717) is 34.0 Å². The summed E-state index contributed by atoms with van der Waals surface area (Å²) >= 11 is 0. The zero-order chi connectivity index (χ0) is 22.8. The zero-order valence-electron chi connectivity index (χ0n) is 16.5. The number of carbonyl (C=O) groups excluding carboxylic acids is 1. The Labute approximate surface area is 178 Å². The average Bonchev–Trinajstić information content (AvgIpc) is 3.39. The molecule has 0 fully saturated rings. The van der Waals surface area contributed by atoms with Crippen LogP contribution in [0.3, 0.4) is 0 Å². The van der Waals surface area contributed by atoms with Gasteiger partial charge < -0.3 is 15.4 Å². The molecule has 7 nitrogen and oxygen atoms in total. The van der Waals surface area contributed by atoms with Gasteiger partial charge in [0.1, 0.15) is 29.5 Å². The van der Waals surface area contributed by atoms with Gasteiger partial charge in [0, 0.05) is 18.2 Å². The van der Waals surface area contributed by atoms with Crippen LogP contribution in [0, 0.1) is 5.82 Å². The van der Waals surface area contributed by atoms with Crippen LogP contribution in [0.25, 0.3) is 16.6 Å².